The molecule has 1 heterocycles. The van der Waals surface area contributed by atoms with Crippen molar-refractivity contribution in [3.05, 3.63) is 53.7 Å². The maximum Gasteiger partial charge on any atom is 0.219 e. The molecule has 2 rings (SSSR count). The molecule has 2 aromatic rings. The summed E-state index contributed by atoms with van der Waals surface area (Å²) in [6.07, 6.45) is 1.12. The Bertz CT molecular complexity index is 509. The SMILES string of the molecule is Cc1cccc(Oc2cc(C(C)O)ccn2)c1. The van der Waals surface area contributed by atoms with E-state index in [9.17, 15) is 5.11 Å². The lowest BCUT2D eigenvalue weighted by Crippen LogP contribution is -1.94. The zero-order chi connectivity index (χ0) is 12.3. The molecule has 0 bridgehead atoms. The number of hydrogen-bond donors (Lipinski definition) is 1. The minimum atomic E-state index is -0.516. The van der Waals surface area contributed by atoms with Gasteiger partial charge in [0.05, 0.1) is 6.10 Å². The Morgan fingerprint density at radius 1 is 1.24 bits per heavy atom. The van der Waals surface area contributed by atoms with E-state index >= 15 is 0 Å². The molecule has 1 aromatic heterocycles. The maximum absolute atomic E-state index is 9.48. The molecule has 0 aliphatic carbocycles. The number of pyridine rings is 1. The van der Waals surface area contributed by atoms with E-state index in [0.29, 0.717) is 5.88 Å². The van der Waals surface area contributed by atoms with Crippen LogP contribution >= 0.6 is 0 Å². The molecule has 1 N–H and O–H groups in total. The van der Waals surface area contributed by atoms with Crippen LogP contribution in [0.5, 0.6) is 11.6 Å². The topological polar surface area (TPSA) is 42.4 Å². The highest BCUT2D eigenvalue weighted by atomic mass is 16.5. The van der Waals surface area contributed by atoms with Gasteiger partial charge in [-0.05, 0) is 43.2 Å². The Hall–Kier alpha value is -1.87. The molecule has 0 aliphatic heterocycles. The van der Waals surface area contributed by atoms with Crippen molar-refractivity contribution < 1.29 is 9.84 Å². The van der Waals surface area contributed by atoms with E-state index in [1.54, 1.807) is 25.3 Å². The van der Waals surface area contributed by atoms with Gasteiger partial charge in [0.15, 0.2) is 0 Å². The molecule has 0 fully saturated rings. The van der Waals surface area contributed by atoms with Crippen LogP contribution in [-0.4, -0.2) is 10.1 Å². The summed E-state index contributed by atoms with van der Waals surface area (Å²) in [6.45, 7) is 3.72. The highest BCUT2D eigenvalue weighted by Crippen LogP contribution is 2.22. The molecule has 0 radical (unpaired) electrons. The first kappa shape index (κ1) is 11.6. The zero-order valence-corrected chi connectivity index (χ0v) is 9.92. The molecule has 3 nitrogen and oxygen atoms in total. The van der Waals surface area contributed by atoms with E-state index in [1.165, 1.54) is 0 Å². The third-order valence-electron chi connectivity index (χ3n) is 2.45. The van der Waals surface area contributed by atoms with Crippen LogP contribution in [0.25, 0.3) is 0 Å². The normalized spacial score (nSPS) is 12.2. The van der Waals surface area contributed by atoms with Crippen molar-refractivity contribution in [2.75, 3.05) is 0 Å². The number of benzene rings is 1. The molecule has 1 atom stereocenters. The van der Waals surface area contributed by atoms with E-state index < -0.39 is 6.10 Å². The minimum Gasteiger partial charge on any atom is -0.439 e. The summed E-state index contributed by atoms with van der Waals surface area (Å²) in [5, 5.41) is 9.48. The summed E-state index contributed by atoms with van der Waals surface area (Å²) in [6, 6.07) is 11.3. The molecule has 0 amide bonds. The predicted molar refractivity (Wildman–Crippen MR) is 66.1 cm³/mol. The maximum atomic E-state index is 9.48. The third-order valence-corrected chi connectivity index (χ3v) is 2.45. The van der Waals surface area contributed by atoms with Crippen LogP contribution in [0.4, 0.5) is 0 Å². The Balaban J connectivity index is 2.21. The average molecular weight is 229 g/mol. The molecule has 3 heteroatoms. The summed E-state index contributed by atoms with van der Waals surface area (Å²) >= 11 is 0. The molecule has 0 aliphatic rings. The summed E-state index contributed by atoms with van der Waals surface area (Å²) in [4.78, 5) is 4.11. The molecular formula is C14H15NO2. The van der Waals surface area contributed by atoms with Crippen LogP contribution in [0.15, 0.2) is 42.6 Å². The second-order valence-corrected chi connectivity index (χ2v) is 4.02. The molecule has 0 saturated heterocycles. The predicted octanol–water partition coefficient (Wildman–Crippen LogP) is 3.24. The number of rotatable bonds is 3. The van der Waals surface area contributed by atoms with E-state index in [1.807, 2.05) is 31.2 Å². The smallest absolute Gasteiger partial charge is 0.219 e. The number of aliphatic hydroxyl groups is 1. The third kappa shape index (κ3) is 3.04. The van der Waals surface area contributed by atoms with Crippen LogP contribution < -0.4 is 4.74 Å². The van der Waals surface area contributed by atoms with E-state index in [4.69, 9.17) is 4.74 Å². The standard InChI is InChI=1S/C14H15NO2/c1-10-4-3-5-13(8-10)17-14-9-12(11(2)16)6-7-15-14/h3-9,11,16H,1-2H3. The van der Waals surface area contributed by atoms with E-state index in [-0.39, 0.29) is 0 Å². The van der Waals surface area contributed by atoms with Gasteiger partial charge >= 0.3 is 0 Å². The first-order chi connectivity index (χ1) is 8.15. The fourth-order valence-electron chi connectivity index (χ4n) is 1.54. The quantitative estimate of drug-likeness (QED) is 0.878. The van der Waals surface area contributed by atoms with Gasteiger partial charge in [-0.2, -0.15) is 0 Å². The largest absolute Gasteiger partial charge is 0.439 e. The average Bonchev–Trinajstić information content (AvgIpc) is 2.29. The van der Waals surface area contributed by atoms with Crippen LogP contribution in [0, 0.1) is 6.92 Å². The van der Waals surface area contributed by atoms with Crippen molar-refractivity contribution >= 4 is 0 Å². The van der Waals surface area contributed by atoms with Gasteiger partial charge in [0.2, 0.25) is 5.88 Å². The van der Waals surface area contributed by atoms with Crippen LogP contribution in [0.3, 0.4) is 0 Å². The summed E-state index contributed by atoms with van der Waals surface area (Å²) in [5.41, 5.74) is 1.93. The molecular weight excluding hydrogens is 214 g/mol. The Morgan fingerprint density at radius 2 is 2.06 bits per heavy atom. The van der Waals surface area contributed by atoms with E-state index in [2.05, 4.69) is 4.98 Å². The lowest BCUT2D eigenvalue weighted by Gasteiger charge is -2.08. The zero-order valence-electron chi connectivity index (χ0n) is 9.92. The van der Waals surface area contributed by atoms with Crippen LogP contribution in [-0.2, 0) is 0 Å². The number of aryl methyl sites for hydroxylation is 1. The summed E-state index contributed by atoms with van der Waals surface area (Å²) in [7, 11) is 0. The molecule has 17 heavy (non-hydrogen) atoms. The van der Waals surface area contributed by atoms with E-state index in [0.717, 1.165) is 16.9 Å². The number of aromatic nitrogens is 1. The monoisotopic (exact) mass is 229 g/mol. The van der Waals surface area contributed by atoms with Gasteiger partial charge in [0.25, 0.3) is 0 Å². The number of aliphatic hydroxyl groups excluding tert-OH is 1. The second-order valence-electron chi connectivity index (χ2n) is 4.02. The molecule has 88 valence electrons. The van der Waals surface area contributed by atoms with Crippen LogP contribution in [0.2, 0.25) is 0 Å². The molecule has 1 unspecified atom stereocenters. The van der Waals surface area contributed by atoms with Crippen molar-refractivity contribution in [3.8, 4) is 11.6 Å². The Labute approximate surface area is 101 Å². The van der Waals surface area contributed by atoms with Crippen molar-refractivity contribution in [2.24, 2.45) is 0 Å². The fourth-order valence-corrected chi connectivity index (χ4v) is 1.54. The van der Waals surface area contributed by atoms with Gasteiger partial charge in [-0.1, -0.05) is 12.1 Å². The van der Waals surface area contributed by atoms with Gasteiger partial charge in [-0.15, -0.1) is 0 Å². The van der Waals surface area contributed by atoms with Gasteiger partial charge in [0, 0.05) is 12.3 Å². The number of ether oxygens (including phenoxy) is 1. The second kappa shape index (κ2) is 4.97. The summed E-state index contributed by atoms with van der Waals surface area (Å²) in [5.74, 6) is 1.24. The highest BCUT2D eigenvalue weighted by Gasteiger charge is 2.04. The van der Waals surface area contributed by atoms with Gasteiger partial charge in [-0.25, -0.2) is 4.98 Å². The fraction of sp³-hybridized carbons (Fsp3) is 0.214. The van der Waals surface area contributed by atoms with Gasteiger partial charge in [-0.3, -0.25) is 0 Å². The first-order valence-electron chi connectivity index (χ1n) is 5.54. The first-order valence-corrected chi connectivity index (χ1v) is 5.54. The van der Waals surface area contributed by atoms with Crippen molar-refractivity contribution in [1.29, 1.82) is 0 Å². The van der Waals surface area contributed by atoms with Crippen molar-refractivity contribution in [3.63, 3.8) is 0 Å². The summed E-state index contributed by atoms with van der Waals surface area (Å²) < 4.78 is 5.63. The van der Waals surface area contributed by atoms with Crippen molar-refractivity contribution in [2.45, 2.75) is 20.0 Å². The molecule has 1 aromatic carbocycles. The molecule has 0 saturated carbocycles. The lowest BCUT2D eigenvalue weighted by molar-refractivity contribution is 0.198. The van der Waals surface area contributed by atoms with Crippen LogP contribution in [0.1, 0.15) is 24.2 Å². The van der Waals surface area contributed by atoms with Gasteiger partial charge < -0.3 is 9.84 Å². The highest BCUT2D eigenvalue weighted by molar-refractivity contribution is 5.32. The number of nitrogens with zero attached hydrogens (tertiary/aromatic N) is 1. The van der Waals surface area contributed by atoms with Crippen molar-refractivity contribution in [1.82, 2.24) is 4.98 Å². The molecule has 0 spiro atoms. The Morgan fingerprint density at radius 3 is 2.76 bits per heavy atom. The van der Waals surface area contributed by atoms with Gasteiger partial charge in [0.1, 0.15) is 5.75 Å². The number of hydrogen-bond acceptors (Lipinski definition) is 3. The minimum absolute atomic E-state index is 0.494. The Kier molecular flexibility index (Phi) is 3.40. The lowest BCUT2D eigenvalue weighted by atomic mass is 10.2.